The first-order valence-electron chi connectivity index (χ1n) is 6.79. The van der Waals surface area contributed by atoms with E-state index in [9.17, 15) is 14.4 Å². The Kier molecular flexibility index (Phi) is 4.17. The summed E-state index contributed by atoms with van der Waals surface area (Å²) in [6.07, 6.45) is -0.154. The Labute approximate surface area is 120 Å². The molecule has 0 bridgehead atoms. The van der Waals surface area contributed by atoms with Crippen LogP contribution in [0.25, 0.3) is 0 Å². The lowest BCUT2D eigenvalue weighted by atomic mass is 9.91. The Morgan fingerprint density at radius 2 is 1.85 bits per heavy atom. The Bertz CT molecular complexity index is 442. The van der Waals surface area contributed by atoms with Crippen molar-refractivity contribution in [1.82, 2.24) is 9.80 Å². The van der Waals surface area contributed by atoms with Crippen LogP contribution in [0, 0.1) is 5.41 Å². The molecule has 1 aliphatic rings. The average Bonchev–Trinajstić information content (AvgIpc) is 2.50. The zero-order valence-electron chi connectivity index (χ0n) is 13.3. The lowest BCUT2D eigenvalue weighted by Crippen LogP contribution is -2.51. The number of amides is 3. The van der Waals surface area contributed by atoms with Gasteiger partial charge in [0.15, 0.2) is 6.23 Å². The molecule has 1 saturated heterocycles. The van der Waals surface area contributed by atoms with Gasteiger partial charge in [-0.25, -0.2) is 4.79 Å². The molecule has 1 fully saturated rings. The Balaban J connectivity index is 2.93. The normalized spacial score (nSPS) is 20.4. The summed E-state index contributed by atoms with van der Waals surface area (Å²) in [7, 11) is 1.43. The van der Waals surface area contributed by atoms with E-state index in [0.29, 0.717) is 6.42 Å². The molecule has 20 heavy (non-hydrogen) atoms. The number of esters is 1. The van der Waals surface area contributed by atoms with Gasteiger partial charge in [-0.3, -0.25) is 19.4 Å². The van der Waals surface area contributed by atoms with Crippen LogP contribution >= 0.6 is 0 Å². The molecule has 6 nitrogen and oxygen atoms in total. The van der Waals surface area contributed by atoms with E-state index < -0.39 is 23.2 Å². The first-order valence-corrected chi connectivity index (χ1v) is 6.79. The van der Waals surface area contributed by atoms with Crippen molar-refractivity contribution >= 4 is 17.9 Å². The van der Waals surface area contributed by atoms with Crippen molar-refractivity contribution in [3.63, 3.8) is 0 Å². The number of ether oxygens (including phenoxy) is 1. The predicted molar refractivity (Wildman–Crippen MR) is 73.7 cm³/mol. The van der Waals surface area contributed by atoms with E-state index in [1.165, 1.54) is 11.9 Å². The van der Waals surface area contributed by atoms with Gasteiger partial charge in [0.05, 0.1) is 5.41 Å². The molecule has 0 aromatic carbocycles. The molecule has 0 N–H and O–H groups in total. The molecule has 0 aliphatic carbocycles. The van der Waals surface area contributed by atoms with E-state index in [1.807, 2.05) is 6.92 Å². The smallest absolute Gasteiger partial charge is 0.330 e. The molecule has 1 unspecified atom stereocenters. The van der Waals surface area contributed by atoms with Crippen molar-refractivity contribution in [3.05, 3.63) is 0 Å². The number of carbonyl (C=O) groups excluding carboxylic acids is 3. The summed E-state index contributed by atoms with van der Waals surface area (Å²) in [5, 5.41) is 0. The van der Waals surface area contributed by atoms with E-state index in [1.54, 1.807) is 34.6 Å². The van der Waals surface area contributed by atoms with Crippen LogP contribution in [0.4, 0.5) is 4.79 Å². The molecule has 114 valence electrons. The van der Waals surface area contributed by atoms with Gasteiger partial charge in [0.1, 0.15) is 5.54 Å². The van der Waals surface area contributed by atoms with Crippen molar-refractivity contribution in [3.8, 4) is 0 Å². The number of imide groups is 1. The Morgan fingerprint density at radius 3 is 2.20 bits per heavy atom. The van der Waals surface area contributed by atoms with Gasteiger partial charge in [-0.05, 0) is 41.0 Å². The molecule has 0 saturated carbocycles. The van der Waals surface area contributed by atoms with Crippen LogP contribution in [0.2, 0.25) is 0 Å². The van der Waals surface area contributed by atoms with Gasteiger partial charge >= 0.3 is 12.0 Å². The highest BCUT2D eigenvalue weighted by atomic mass is 16.6. The van der Waals surface area contributed by atoms with Gasteiger partial charge < -0.3 is 4.74 Å². The Hall–Kier alpha value is -1.59. The zero-order valence-corrected chi connectivity index (χ0v) is 13.3. The van der Waals surface area contributed by atoms with Crippen molar-refractivity contribution < 1.29 is 19.1 Å². The fraction of sp³-hybridized carbons (Fsp3) is 0.786. The summed E-state index contributed by atoms with van der Waals surface area (Å²) in [4.78, 5) is 38.6. The third-order valence-electron chi connectivity index (χ3n) is 4.00. The highest BCUT2D eigenvalue weighted by Gasteiger charge is 2.52. The molecule has 0 aromatic heterocycles. The van der Waals surface area contributed by atoms with Crippen LogP contribution in [0.15, 0.2) is 0 Å². The summed E-state index contributed by atoms with van der Waals surface area (Å²) in [6, 6.07) is -0.449. The van der Waals surface area contributed by atoms with Gasteiger partial charge in [-0.1, -0.05) is 6.92 Å². The lowest BCUT2D eigenvalue weighted by Gasteiger charge is -2.34. The fourth-order valence-electron chi connectivity index (χ4n) is 2.12. The second-order valence-corrected chi connectivity index (χ2v) is 6.32. The molecule has 1 rings (SSSR count). The van der Waals surface area contributed by atoms with Crippen LogP contribution in [0.5, 0.6) is 0 Å². The van der Waals surface area contributed by atoms with E-state index in [0.717, 1.165) is 4.90 Å². The van der Waals surface area contributed by atoms with E-state index >= 15 is 0 Å². The highest BCUT2D eigenvalue weighted by molar-refractivity contribution is 6.06. The maximum atomic E-state index is 12.1. The van der Waals surface area contributed by atoms with Gasteiger partial charge in [0.2, 0.25) is 0 Å². The van der Waals surface area contributed by atoms with Crippen LogP contribution in [0.3, 0.4) is 0 Å². The molecular formula is C14H24N2O4. The van der Waals surface area contributed by atoms with Crippen LogP contribution in [-0.4, -0.2) is 46.5 Å². The van der Waals surface area contributed by atoms with Crippen molar-refractivity contribution in [2.24, 2.45) is 5.41 Å². The first-order chi connectivity index (χ1) is 8.96. The third kappa shape index (κ3) is 2.51. The number of nitrogens with zero attached hydrogens (tertiary/aromatic N) is 2. The SMILES string of the molecule is CCC(C)(C)C(=O)OC(C)N1C(=O)N(C)C(=O)C1(C)C. The molecule has 0 spiro atoms. The fourth-order valence-corrected chi connectivity index (χ4v) is 2.12. The quantitative estimate of drug-likeness (QED) is 0.585. The van der Waals surface area contributed by atoms with E-state index in [4.69, 9.17) is 4.74 Å². The third-order valence-corrected chi connectivity index (χ3v) is 4.00. The molecule has 1 aliphatic heterocycles. The first kappa shape index (κ1) is 16.5. The van der Waals surface area contributed by atoms with Gasteiger partial charge in [-0.15, -0.1) is 0 Å². The standard InChI is InChI=1S/C14H24N2O4/c1-8-13(3,4)11(18)20-9(2)16-12(19)15(7)10(17)14(16,5)6/h9H,8H2,1-7H3. The maximum Gasteiger partial charge on any atom is 0.330 e. The molecule has 0 aromatic rings. The number of hydrogen-bond acceptors (Lipinski definition) is 4. The minimum atomic E-state index is -1.01. The van der Waals surface area contributed by atoms with Gasteiger partial charge in [0, 0.05) is 7.05 Å². The minimum absolute atomic E-state index is 0.305. The lowest BCUT2D eigenvalue weighted by molar-refractivity contribution is -0.169. The largest absolute Gasteiger partial charge is 0.441 e. The number of urea groups is 1. The van der Waals surface area contributed by atoms with E-state index in [-0.39, 0.29) is 11.9 Å². The van der Waals surface area contributed by atoms with Crippen LogP contribution in [-0.2, 0) is 14.3 Å². The van der Waals surface area contributed by atoms with Crippen molar-refractivity contribution in [2.75, 3.05) is 7.05 Å². The van der Waals surface area contributed by atoms with E-state index in [2.05, 4.69) is 0 Å². The minimum Gasteiger partial charge on any atom is -0.441 e. The number of rotatable bonds is 4. The molecular weight excluding hydrogens is 260 g/mol. The average molecular weight is 284 g/mol. The molecule has 1 atom stereocenters. The highest BCUT2D eigenvalue weighted by Crippen LogP contribution is 2.30. The van der Waals surface area contributed by atoms with Crippen LogP contribution < -0.4 is 0 Å². The summed E-state index contributed by atoms with van der Waals surface area (Å²) < 4.78 is 5.38. The maximum absolute atomic E-state index is 12.1. The van der Waals surface area contributed by atoms with Gasteiger partial charge in [0.25, 0.3) is 5.91 Å². The summed E-state index contributed by atoms with van der Waals surface area (Å²) in [5.41, 5.74) is -1.63. The molecule has 6 heteroatoms. The molecule has 0 radical (unpaired) electrons. The van der Waals surface area contributed by atoms with Gasteiger partial charge in [-0.2, -0.15) is 0 Å². The predicted octanol–water partition coefficient (Wildman–Crippen LogP) is 1.98. The van der Waals surface area contributed by atoms with Crippen molar-refractivity contribution in [1.29, 1.82) is 0 Å². The van der Waals surface area contributed by atoms with Crippen LogP contribution in [0.1, 0.15) is 48.0 Å². The second kappa shape index (κ2) is 5.07. The monoisotopic (exact) mass is 284 g/mol. The summed E-state index contributed by atoms with van der Waals surface area (Å²) in [5.74, 6) is -0.682. The number of likely N-dealkylation sites (N-methyl/N-ethyl adjacent to an activating group) is 1. The second-order valence-electron chi connectivity index (χ2n) is 6.32. The Morgan fingerprint density at radius 1 is 1.35 bits per heavy atom. The number of carbonyl (C=O) groups is 3. The molecule has 1 heterocycles. The molecule has 3 amide bonds. The zero-order chi connectivity index (χ0) is 15.9. The number of hydrogen-bond donors (Lipinski definition) is 0. The van der Waals surface area contributed by atoms with Crippen molar-refractivity contribution in [2.45, 2.75) is 59.7 Å². The topological polar surface area (TPSA) is 66.9 Å². The summed E-state index contributed by atoms with van der Waals surface area (Å²) >= 11 is 0. The summed E-state index contributed by atoms with van der Waals surface area (Å²) in [6.45, 7) is 10.4.